The number of phenolic OH excluding ortho intramolecular Hbond substituents is 1. The Kier molecular flexibility index (Phi) is 4.69. The molecule has 0 saturated carbocycles. The van der Waals surface area contributed by atoms with Gasteiger partial charge in [0.1, 0.15) is 5.75 Å². The lowest BCUT2D eigenvalue weighted by molar-refractivity contribution is 0.277. The van der Waals surface area contributed by atoms with E-state index in [0.717, 1.165) is 22.3 Å². The maximum absolute atomic E-state index is 10.4. The SMILES string of the molecule is Cc1ccc(C)c([C@H](CO)c2ccc(C(C)C)cc2)c1O. The fraction of sp³-hybridized carbons (Fsp3) is 0.368. The molecule has 0 spiro atoms. The topological polar surface area (TPSA) is 40.5 Å². The minimum Gasteiger partial charge on any atom is -0.507 e. The Bertz CT molecular complexity index is 612. The Balaban J connectivity index is 2.47. The number of aliphatic hydroxyl groups excluding tert-OH is 1. The summed E-state index contributed by atoms with van der Waals surface area (Å²) in [5.74, 6) is 0.592. The molecule has 0 aliphatic rings. The van der Waals surface area contributed by atoms with Crippen molar-refractivity contribution in [2.45, 2.75) is 39.5 Å². The summed E-state index contributed by atoms with van der Waals surface area (Å²) in [5, 5.41) is 20.2. The molecular formula is C19H24O2. The number of aromatic hydroxyl groups is 1. The van der Waals surface area contributed by atoms with Crippen LogP contribution in [0.1, 0.15) is 53.5 Å². The van der Waals surface area contributed by atoms with E-state index in [-0.39, 0.29) is 12.5 Å². The van der Waals surface area contributed by atoms with Crippen molar-refractivity contribution < 1.29 is 10.2 Å². The second kappa shape index (κ2) is 6.31. The molecule has 0 fully saturated rings. The Morgan fingerprint density at radius 1 is 0.857 bits per heavy atom. The number of hydrogen-bond acceptors (Lipinski definition) is 2. The summed E-state index contributed by atoms with van der Waals surface area (Å²) in [4.78, 5) is 0. The third-order valence-electron chi connectivity index (χ3n) is 4.17. The molecule has 1 atom stereocenters. The van der Waals surface area contributed by atoms with Gasteiger partial charge in [-0.05, 0) is 42.0 Å². The van der Waals surface area contributed by atoms with Crippen LogP contribution in [0.4, 0.5) is 0 Å². The lowest BCUT2D eigenvalue weighted by Gasteiger charge is -2.21. The number of benzene rings is 2. The lowest BCUT2D eigenvalue weighted by atomic mass is 9.86. The van der Waals surface area contributed by atoms with Gasteiger partial charge in [0.25, 0.3) is 0 Å². The van der Waals surface area contributed by atoms with E-state index in [2.05, 4.69) is 38.1 Å². The van der Waals surface area contributed by atoms with E-state index in [0.29, 0.717) is 11.7 Å². The van der Waals surface area contributed by atoms with E-state index >= 15 is 0 Å². The molecule has 0 aliphatic carbocycles. The Morgan fingerprint density at radius 2 is 1.38 bits per heavy atom. The summed E-state index contributed by atoms with van der Waals surface area (Å²) >= 11 is 0. The van der Waals surface area contributed by atoms with Crippen LogP contribution in [0.25, 0.3) is 0 Å². The molecule has 21 heavy (non-hydrogen) atoms. The number of hydrogen-bond donors (Lipinski definition) is 2. The first-order valence-electron chi connectivity index (χ1n) is 7.45. The number of aryl methyl sites for hydroxylation is 2. The number of rotatable bonds is 4. The predicted molar refractivity (Wildman–Crippen MR) is 87.0 cm³/mol. The summed E-state index contributed by atoms with van der Waals surface area (Å²) in [5.41, 5.74) is 4.99. The largest absolute Gasteiger partial charge is 0.507 e. The summed E-state index contributed by atoms with van der Waals surface area (Å²) in [6.45, 7) is 8.16. The van der Waals surface area contributed by atoms with Crippen LogP contribution in [-0.4, -0.2) is 16.8 Å². The van der Waals surface area contributed by atoms with Crippen molar-refractivity contribution in [3.63, 3.8) is 0 Å². The van der Waals surface area contributed by atoms with Gasteiger partial charge in [-0.1, -0.05) is 50.2 Å². The van der Waals surface area contributed by atoms with Gasteiger partial charge in [0.2, 0.25) is 0 Å². The molecule has 0 saturated heterocycles. The fourth-order valence-electron chi connectivity index (χ4n) is 2.73. The van der Waals surface area contributed by atoms with Crippen LogP contribution in [0.3, 0.4) is 0 Å². The van der Waals surface area contributed by atoms with Gasteiger partial charge < -0.3 is 10.2 Å². The molecule has 2 N–H and O–H groups in total. The lowest BCUT2D eigenvalue weighted by Crippen LogP contribution is -2.09. The summed E-state index contributed by atoms with van der Waals surface area (Å²) in [6, 6.07) is 12.2. The first-order valence-corrected chi connectivity index (χ1v) is 7.45. The van der Waals surface area contributed by atoms with Crippen molar-refractivity contribution in [1.29, 1.82) is 0 Å². The number of phenols is 1. The Hall–Kier alpha value is -1.80. The van der Waals surface area contributed by atoms with E-state index in [1.807, 2.05) is 26.0 Å². The average Bonchev–Trinajstić information content (AvgIpc) is 2.48. The third-order valence-corrected chi connectivity index (χ3v) is 4.17. The van der Waals surface area contributed by atoms with Gasteiger partial charge in [0.15, 0.2) is 0 Å². The first-order chi connectivity index (χ1) is 9.95. The maximum atomic E-state index is 10.4. The average molecular weight is 284 g/mol. The van der Waals surface area contributed by atoms with Crippen LogP contribution in [-0.2, 0) is 0 Å². The quantitative estimate of drug-likeness (QED) is 0.881. The molecule has 0 unspecified atom stereocenters. The minimum atomic E-state index is -0.189. The highest BCUT2D eigenvalue weighted by Crippen LogP contribution is 2.36. The van der Waals surface area contributed by atoms with E-state index < -0.39 is 0 Å². The maximum Gasteiger partial charge on any atom is 0.122 e. The van der Waals surface area contributed by atoms with Gasteiger partial charge in [-0.25, -0.2) is 0 Å². The molecule has 0 heterocycles. The summed E-state index contributed by atoms with van der Waals surface area (Å²) in [6.07, 6.45) is 0. The normalized spacial score (nSPS) is 12.7. The van der Waals surface area contributed by atoms with Crippen LogP contribution in [0.2, 0.25) is 0 Å². The van der Waals surface area contributed by atoms with Crippen molar-refractivity contribution in [3.8, 4) is 5.75 Å². The molecule has 0 aliphatic heterocycles. The second-order valence-electron chi connectivity index (χ2n) is 6.02. The Labute approximate surface area is 127 Å². The van der Waals surface area contributed by atoms with Gasteiger partial charge >= 0.3 is 0 Å². The molecule has 0 aromatic heterocycles. The van der Waals surface area contributed by atoms with E-state index in [1.165, 1.54) is 5.56 Å². The third kappa shape index (κ3) is 3.11. The van der Waals surface area contributed by atoms with Crippen molar-refractivity contribution in [2.75, 3.05) is 6.61 Å². The van der Waals surface area contributed by atoms with Crippen molar-refractivity contribution in [1.82, 2.24) is 0 Å². The fourth-order valence-corrected chi connectivity index (χ4v) is 2.73. The van der Waals surface area contributed by atoms with E-state index in [9.17, 15) is 10.2 Å². The highest BCUT2D eigenvalue weighted by Gasteiger charge is 2.20. The van der Waals surface area contributed by atoms with Crippen LogP contribution >= 0.6 is 0 Å². The van der Waals surface area contributed by atoms with E-state index in [1.54, 1.807) is 0 Å². The monoisotopic (exact) mass is 284 g/mol. The molecular weight excluding hydrogens is 260 g/mol. The van der Waals surface area contributed by atoms with Crippen molar-refractivity contribution in [3.05, 3.63) is 64.2 Å². The van der Waals surface area contributed by atoms with E-state index in [4.69, 9.17) is 0 Å². The highest BCUT2D eigenvalue weighted by molar-refractivity contribution is 5.50. The first kappa shape index (κ1) is 15.6. The molecule has 2 heteroatoms. The molecule has 2 aromatic rings. The van der Waals surface area contributed by atoms with Crippen LogP contribution < -0.4 is 0 Å². The second-order valence-corrected chi connectivity index (χ2v) is 6.02. The zero-order valence-corrected chi connectivity index (χ0v) is 13.2. The molecule has 2 nitrogen and oxygen atoms in total. The molecule has 112 valence electrons. The zero-order valence-electron chi connectivity index (χ0n) is 13.2. The van der Waals surface area contributed by atoms with Crippen molar-refractivity contribution >= 4 is 0 Å². The molecule has 0 radical (unpaired) electrons. The highest BCUT2D eigenvalue weighted by atomic mass is 16.3. The zero-order chi connectivity index (χ0) is 15.6. The van der Waals surface area contributed by atoms with Gasteiger partial charge in [-0.15, -0.1) is 0 Å². The van der Waals surface area contributed by atoms with Gasteiger partial charge in [-0.3, -0.25) is 0 Å². The van der Waals surface area contributed by atoms with Gasteiger partial charge in [-0.2, -0.15) is 0 Å². The minimum absolute atomic E-state index is 0.0150. The molecule has 2 aromatic carbocycles. The van der Waals surface area contributed by atoms with Crippen LogP contribution in [0, 0.1) is 13.8 Å². The number of aliphatic hydroxyl groups is 1. The summed E-state index contributed by atoms with van der Waals surface area (Å²) in [7, 11) is 0. The standard InChI is InChI=1S/C19H24O2/c1-12(2)15-7-9-16(10-8-15)17(11-20)18-13(3)5-6-14(4)19(18)21/h5-10,12,17,20-21H,11H2,1-4H3/t17-/m1/s1. The van der Waals surface area contributed by atoms with Crippen molar-refractivity contribution in [2.24, 2.45) is 0 Å². The van der Waals surface area contributed by atoms with Crippen LogP contribution in [0.5, 0.6) is 5.75 Å². The van der Waals surface area contributed by atoms with Gasteiger partial charge in [0.05, 0.1) is 6.61 Å². The molecule has 2 rings (SSSR count). The Morgan fingerprint density at radius 3 is 1.90 bits per heavy atom. The summed E-state index contributed by atoms with van der Waals surface area (Å²) < 4.78 is 0. The predicted octanol–water partition coefficient (Wildman–Crippen LogP) is 4.26. The van der Waals surface area contributed by atoms with Gasteiger partial charge in [0, 0.05) is 11.5 Å². The smallest absolute Gasteiger partial charge is 0.122 e. The molecule has 0 bridgehead atoms. The van der Waals surface area contributed by atoms with Crippen LogP contribution in [0.15, 0.2) is 36.4 Å². The molecule has 0 amide bonds.